The molecule has 0 aliphatic heterocycles. The SMILES string of the molecule is c1ccc(-c2nc(-c3ccccc3)nc(-c3cccc4oc5ccc(-c6ccc(-c7cccc(-c8cccc9c8-c8ccccc8C9(c8ccccc8)c8ccccc8)c7)cc6)cc5c34)n2)cc1. The molecule has 0 saturated carbocycles. The van der Waals surface area contributed by atoms with Crippen molar-refractivity contribution in [2.24, 2.45) is 0 Å². The molecule has 12 aromatic rings. The quantitative estimate of drug-likeness (QED) is 0.153. The van der Waals surface area contributed by atoms with Crippen LogP contribution in [0.4, 0.5) is 0 Å². The van der Waals surface area contributed by atoms with Gasteiger partial charge in [0.15, 0.2) is 17.5 Å². The lowest BCUT2D eigenvalue weighted by Crippen LogP contribution is -2.28. The van der Waals surface area contributed by atoms with Crippen LogP contribution in [0.3, 0.4) is 0 Å². The zero-order valence-corrected chi connectivity index (χ0v) is 36.9. The van der Waals surface area contributed by atoms with Crippen molar-refractivity contribution in [1.82, 2.24) is 15.0 Å². The molecule has 0 spiro atoms. The molecule has 4 heteroatoms. The summed E-state index contributed by atoms with van der Waals surface area (Å²) in [5, 5.41) is 1.98. The van der Waals surface area contributed by atoms with Crippen LogP contribution >= 0.6 is 0 Å². The van der Waals surface area contributed by atoms with E-state index in [1.807, 2.05) is 72.8 Å². The standard InChI is InChI=1S/C64H41N3O/c1-5-18-44(19-6-1)61-65-62(45-20-7-2-8-21-45)67-63(66-61)53-30-17-33-58-60(53)54-41-47(38-39-57(54)68-58)43-36-34-42(35-37-43)46-22-15-23-48(40-46)51-29-16-32-56-59(51)52-28-13-14-31-55(52)64(56,49-24-9-3-10-25-49)50-26-11-4-12-27-50/h1-41H. The van der Waals surface area contributed by atoms with E-state index in [1.165, 1.54) is 50.1 Å². The fraction of sp³-hybridized carbons (Fsp3) is 0.0156. The van der Waals surface area contributed by atoms with Gasteiger partial charge in [0.25, 0.3) is 0 Å². The molecule has 0 N–H and O–H groups in total. The molecule has 68 heavy (non-hydrogen) atoms. The van der Waals surface area contributed by atoms with E-state index in [0.29, 0.717) is 17.5 Å². The first kappa shape index (κ1) is 39.4. The van der Waals surface area contributed by atoms with Crippen molar-refractivity contribution >= 4 is 21.9 Å². The topological polar surface area (TPSA) is 51.8 Å². The van der Waals surface area contributed by atoms with Crippen molar-refractivity contribution < 1.29 is 4.42 Å². The highest BCUT2D eigenvalue weighted by molar-refractivity contribution is 6.13. The molecule has 0 saturated heterocycles. The number of nitrogens with zero attached hydrogens (tertiary/aromatic N) is 3. The van der Waals surface area contributed by atoms with Gasteiger partial charge in [-0.25, -0.2) is 15.0 Å². The Bertz CT molecular complexity index is 3730. The summed E-state index contributed by atoms with van der Waals surface area (Å²) in [6, 6.07) is 88.5. The van der Waals surface area contributed by atoms with E-state index >= 15 is 0 Å². The third-order valence-electron chi connectivity index (χ3n) is 13.6. The average Bonchev–Trinajstić information content (AvgIpc) is 3.96. The number of benzene rings is 10. The van der Waals surface area contributed by atoms with Gasteiger partial charge in [-0.05, 0) is 91.0 Å². The molecule has 4 nitrogen and oxygen atoms in total. The van der Waals surface area contributed by atoms with Crippen LogP contribution < -0.4 is 0 Å². The maximum absolute atomic E-state index is 6.49. The number of hydrogen-bond acceptors (Lipinski definition) is 4. The molecular weight excluding hydrogens is 827 g/mol. The maximum Gasteiger partial charge on any atom is 0.164 e. The van der Waals surface area contributed by atoms with Crippen LogP contribution in [0, 0.1) is 0 Å². The molecule has 1 aliphatic carbocycles. The molecule has 2 heterocycles. The van der Waals surface area contributed by atoms with Gasteiger partial charge in [-0.15, -0.1) is 0 Å². The molecule has 1 aliphatic rings. The van der Waals surface area contributed by atoms with Crippen molar-refractivity contribution in [1.29, 1.82) is 0 Å². The maximum atomic E-state index is 6.49. The predicted molar refractivity (Wildman–Crippen MR) is 277 cm³/mol. The summed E-state index contributed by atoms with van der Waals surface area (Å²) in [5.74, 6) is 1.84. The van der Waals surface area contributed by atoms with E-state index < -0.39 is 5.41 Å². The van der Waals surface area contributed by atoms with Crippen molar-refractivity contribution in [3.05, 3.63) is 271 Å². The third kappa shape index (κ3) is 6.41. The van der Waals surface area contributed by atoms with Gasteiger partial charge < -0.3 is 4.42 Å². The molecule has 0 amide bonds. The Labute approximate surface area is 394 Å². The summed E-state index contributed by atoms with van der Waals surface area (Å²) in [6.07, 6.45) is 0. The van der Waals surface area contributed by atoms with Crippen LogP contribution in [0.1, 0.15) is 22.3 Å². The monoisotopic (exact) mass is 867 g/mol. The Morgan fingerprint density at radius 1 is 0.294 bits per heavy atom. The average molecular weight is 868 g/mol. The molecule has 318 valence electrons. The van der Waals surface area contributed by atoms with E-state index in [1.54, 1.807) is 0 Å². The van der Waals surface area contributed by atoms with E-state index in [4.69, 9.17) is 19.4 Å². The van der Waals surface area contributed by atoms with Gasteiger partial charge in [0.05, 0.1) is 5.41 Å². The van der Waals surface area contributed by atoms with Gasteiger partial charge in [0.1, 0.15) is 11.2 Å². The second-order valence-electron chi connectivity index (χ2n) is 17.4. The smallest absolute Gasteiger partial charge is 0.164 e. The van der Waals surface area contributed by atoms with Crippen LogP contribution in [0.25, 0.3) is 101 Å². The molecule has 2 aromatic heterocycles. The van der Waals surface area contributed by atoms with E-state index in [0.717, 1.165) is 55.3 Å². The van der Waals surface area contributed by atoms with Crippen LogP contribution in [-0.2, 0) is 5.41 Å². The predicted octanol–water partition coefficient (Wildman–Crippen LogP) is 16.1. The molecule has 10 aromatic carbocycles. The minimum Gasteiger partial charge on any atom is -0.456 e. The lowest BCUT2D eigenvalue weighted by Gasteiger charge is -2.34. The number of fused-ring (bicyclic) bond motifs is 6. The van der Waals surface area contributed by atoms with Gasteiger partial charge in [-0.3, -0.25) is 0 Å². The third-order valence-corrected chi connectivity index (χ3v) is 13.6. The van der Waals surface area contributed by atoms with E-state index in [-0.39, 0.29) is 0 Å². The highest BCUT2D eigenvalue weighted by Crippen LogP contribution is 2.58. The Morgan fingerprint density at radius 2 is 0.765 bits per heavy atom. The van der Waals surface area contributed by atoms with Crippen molar-refractivity contribution in [2.75, 3.05) is 0 Å². The number of aromatic nitrogens is 3. The Hall–Kier alpha value is -8.99. The Balaban J connectivity index is 0.878. The van der Waals surface area contributed by atoms with Crippen molar-refractivity contribution in [3.63, 3.8) is 0 Å². The molecule has 13 rings (SSSR count). The molecule has 0 unspecified atom stereocenters. The first-order chi connectivity index (χ1) is 33.7. The highest BCUT2D eigenvalue weighted by atomic mass is 16.3. The van der Waals surface area contributed by atoms with Gasteiger partial charge in [0, 0.05) is 27.5 Å². The van der Waals surface area contributed by atoms with Crippen LogP contribution in [0.15, 0.2) is 253 Å². The summed E-state index contributed by atoms with van der Waals surface area (Å²) in [6.45, 7) is 0. The molecule has 0 atom stereocenters. The highest BCUT2D eigenvalue weighted by Gasteiger charge is 2.46. The summed E-state index contributed by atoms with van der Waals surface area (Å²) in [4.78, 5) is 15.1. The minimum atomic E-state index is -0.449. The largest absolute Gasteiger partial charge is 0.456 e. The summed E-state index contributed by atoms with van der Waals surface area (Å²) < 4.78 is 6.49. The van der Waals surface area contributed by atoms with Gasteiger partial charge in [-0.2, -0.15) is 0 Å². The normalized spacial score (nSPS) is 12.5. The van der Waals surface area contributed by atoms with Crippen LogP contribution in [0.2, 0.25) is 0 Å². The van der Waals surface area contributed by atoms with Crippen molar-refractivity contribution in [3.8, 4) is 78.7 Å². The van der Waals surface area contributed by atoms with Crippen molar-refractivity contribution in [2.45, 2.75) is 5.41 Å². The van der Waals surface area contributed by atoms with Crippen LogP contribution in [0.5, 0.6) is 0 Å². The summed E-state index contributed by atoms with van der Waals surface area (Å²) in [5.41, 5.74) is 18.6. The fourth-order valence-corrected chi connectivity index (χ4v) is 10.6. The first-order valence-electron chi connectivity index (χ1n) is 23.1. The number of hydrogen-bond donors (Lipinski definition) is 0. The van der Waals surface area contributed by atoms with E-state index in [2.05, 4.69) is 176 Å². The Morgan fingerprint density at radius 3 is 1.43 bits per heavy atom. The zero-order chi connectivity index (χ0) is 45.0. The molecule has 0 fully saturated rings. The van der Waals surface area contributed by atoms with Gasteiger partial charge >= 0.3 is 0 Å². The van der Waals surface area contributed by atoms with E-state index in [9.17, 15) is 0 Å². The number of furan rings is 1. The number of rotatable bonds is 8. The second-order valence-corrected chi connectivity index (χ2v) is 17.4. The van der Waals surface area contributed by atoms with Gasteiger partial charge in [0.2, 0.25) is 0 Å². The summed E-state index contributed by atoms with van der Waals surface area (Å²) >= 11 is 0. The molecular formula is C64H41N3O. The fourth-order valence-electron chi connectivity index (χ4n) is 10.6. The zero-order valence-electron chi connectivity index (χ0n) is 36.9. The van der Waals surface area contributed by atoms with Gasteiger partial charge in [-0.1, -0.05) is 224 Å². The molecule has 0 bridgehead atoms. The first-order valence-corrected chi connectivity index (χ1v) is 23.1. The molecule has 0 radical (unpaired) electrons. The Kier molecular flexibility index (Phi) is 9.36. The lowest BCUT2D eigenvalue weighted by molar-refractivity contribution is 0.669. The lowest BCUT2D eigenvalue weighted by atomic mass is 9.67. The second kappa shape index (κ2) is 16.2. The summed E-state index contributed by atoms with van der Waals surface area (Å²) in [7, 11) is 0. The van der Waals surface area contributed by atoms with Crippen LogP contribution in [-0.4, -0.2) is 15.0 Å². The minimum absolute atomic E-state index is 0.449.